The summed E-state index contributed by atoms with van der Waals surface area (Å²) in [6, 6.07) is 19.5. The van der Waals surface area contributed by atoms with Crippen LogP contribution in [0.1, 0.15) is 43.9 Å². The van der Waals surface area contributed by atoms with Crippen LogP contribution < -0.4 is 5.32 Å². The van der Waals surface area contributed by atoms with Gasteiger partial charge in [-0.05, 0) is 81.0 Å². The van der Waals surface area contributed by atoms with Crippen molar-refractivity contribution in [2.45, 2.75) is 51.7 Å². The van der Waals surface area contributed by atoms with Crippen molar-refractivity contribution in [3.8, 4) is 0 Å². The first kappa shape index (κ1) is 24.4. The molecular formula is C29H37ClN4O. The van der Waals surface area contributed by atoms with Crippen LogP contribution in [0.25, 0.3) is 10.9 Å². The highest BCUT2D eigenvalue weighted by Crippen LogP contribution is 2.27. The summed E-state index contributed by atoms with van der Waals surface area (Å²) in [5, 5.41) is 5.34. The van der Waals surface area contributed by atoms with Gasteiger partial charge in [0.2, 0.25) is 5.91 Å². The molecule has 3 heterocycles. The number of halogens is 1. The van der Waals surface area contributed by atoms with Crippen LogP contribution in [-0.2, 0) is 17.9 Å². The molecule has 2 saturated heterocycles. The van der Waals surface area contributed by atoms with Crippen molar-refractivity contribution in [1.82, 2.24) is 19.7 Å². The Labute approximate surface area is 214 Å². The normalized spacial score (nSPS) is 20.0. The maximum absolute atomic E-state index is 12.9. The lowest BCUT2D eigenvalue weighted by molar-refractivity contribution is -0.126. The maximum Gasteiger partial charge on any atom is 0.223 e. The highest BCUT2D eigenvalue weighted by molar-refractivity contribution is 6.31. The van der Waals surface area contributed by atoms with Crippen molar-refractivity contribution >= 4 is 28.4 Å². The number of nitrogens with one attached hydrogen (secondary N) is 1. The second kappa shape index (κ2) is 11.2. The van der Waals surface area contributed by atoms with E-state index < -0.39 is 0 Å². The third-order valence-electron chi connectivity index (χ3n) is 7.94. The van der Waals surface area contributed by atoms with Crippen molar-refractivity contribution in [2.24, 2.45) is 5.92 Å². The van der Waals surface area contributed by atoms with E-state index in [9.17, 15) is 4.79 Å². The molecule has 0 aliphatic carbocycles. The quantitative estimate of drug-likeness (QED) is 0.472. The first-order valence-corrected chi connectivity index (χ1v) is 13.5. The average molecular weight is 493 g/mol. The van der Waals surface area contributed by atoms with E-state index in [1.807, 2.05) is 12.1 Å². The minimum atomic E-state index is 0.136. The predicted molar refractivity (Wildman–Crippen MR) is 144 cm³/mol. The number of carbonyl (C=O) groups is 1. The van der Waals surface area contributed by atoms with Gasteiger partial charge in [-0.15, -0.1) is 0 Å². The average Bonchev–Trinajstić information content (AvgIpc) is 3.48. The minimum absolute atomic E-state index is 0.136. The second-order valence-electron chi connectivity index (χ2n) is 10.1. The fourth-order valence-corrected chi connectivity index (χ4v) is 6.07. The van der Waals surface area contributed by atoms with E-state index in [-0.39, 0.29) is 11.8 Å². The van der Waals surface area contributed by atoms with Crippen LogP contribution in [0.15, 0.2) is 54.6 Å². The molecule has 1 atom stereocenters. The second-order valence-corrected chi connectivity index (χ2v) is 10.5. The molecular weight excluding hydrogens is 456 g/mol. The summed E-state index contributed by atoms with van der Waals surface area (Å²) in [5.41, 5.74) is 3.68. The van der Waals surface area contributed by atoms with E-state index in [0.717, 1.165) is 62.7 Å². The fraction of sp³-hybridized carbons (Fsp3) is 0.483. The first-order valence-electron chi connectivity index (χ1n) is 13.2. The van der Waals surface area contributed by atoms with Crippen molar-refractivity contribution in [2.75, 3.05) is 32.7 Å². The molecule has 5 nitrogen and oxygen atoms in total. The summed E-state index contributed by atoms with van der Waals surface area (Å²) >= 11 is 6.50. The van der Waals surface area contributed by atoms with Gasteiger partial charge in [0, 0.05) is 47.8 Å². The molecule has 0 spiro atoms. The number of likely N-dealkylation sites (tertiary alicyclic amines) is 2. The summed E-state index contributed by atoms with van der Waals surface area (Å²) in [5.74, 6) is 0.386. The summed E-state index contributed by atoms with van der Waals surface area (Å²) in [6.45, 7) is 8.82. The standard InChI is InChI=1S/C29H37ClN4O/c1-2-33-15-7-10-25(33)19-31-29(35)22-13-16-32(17-14-22)21-26-18-23-8-4-6-12-28(23)34(26)20-24-9-3-5-11-27(24)30/h3-6,8-9,11-12,18,22,25H,2,7,10,13-17,19-21H2,1H3,(H,31,35). The van der Waals surface area contributed by atoms with Gasteiger partial charge in [-0.1, -0.05) is 54.9 Å². The Morgan fingerprint density at radius 3 is 2.57 bits per heavy atom. The SMILES string of the molecule is CCN1CCCC1CNC(=O)C1CCN(Cc2cc3ccccc3n2Cc2ccccc2Cl)CC1. The summed E-state index contributed by atoms with van der Waals surface area (Å²) in [4.78, 5) is 17.8. The molecule has 5 rings (SSSR count). The lowest BCUT2D eigenvalue weighted by Gasteiger charge is -2.32. The van der Waals surface area contributed by atoms with Gasteiger partial charge >= 0.3 is 0 Å². The molecule has 186 valence electrons. The van der Waals surface area contributed by atoms with E-state index in [1.165, 1.54) is 36.0 Å². The number of aromatic nitrogens is 1. The predicted octanol–water partition coefficient (Wildman–Crippen LogP) is 5.16. The number of piperidine rings is 1. The number of hydrogen-bond acceptors (Lipinski definition) is 3. The van der Waals surface area contributed by atoms with Crippen molar-refractivity contribution < 1.29 is 4.79 Å². The van der Waals surface area contributed by atoms with Crippen LogP contribution >= 0.6 is 11.6 Å². The number of likely N-dealkylation sites (N-methyl/N-ethyl adjacent to an activating group) is 1. The topological polar surface area (TPSA) is 40.5 Å². The molecule has 6 heteroatoms. The van der Waals surface area contributed by atoms with Crippen LogP contribution in [0.2, 0.25) is 5.02 Å². The Bertz CT molecular complexity index is 1150. The van der Waals surface area contributed by atoms with Crippen LogP contribution in [0.4, 0.5) is 0 Å². The molecule has 35 heavy (non-hydrogen) atoms. The highest BCUT2D eigenvalue weighted by atomic mass is 35.5. The molecule has 2 fully saturated rings. The molecule has 2 aliphatic rings. The first-order chi connectivity index (χ1) is 17.1. The zero-order chi connectivity index (χ0) is 24.2. The Kier molecular flexibility index (Phi) is 7.76. The number of amides is 1. The van der Waals surface area contributed by atoms with Gasteiger partial charge in [-0.25, -0.2) is 0 Å². The third-order valence-corrected chi connectivity index (χ3v) is 8.31. The van der Waals surface area contributed by atoms with E-state index in [2.05, 4.69) is 69.1 Å². The van der Waals surface area contributed by atoms with Crippen molar-refractivity contribution in [1.29, 1.82) is 0 Å². The van der Waals surface area contributed by atoms with E-state index in [4.69, 9.17) is 11.6 Å². The third kappa shape index (κ3) is 5.58. The molecule has 1 amide bonds. The number of rotatable bonds is 8. The number of para-hydroxylation sites is 1. The van der Waals surface area contributed by atoms with Crippen LogP contribution in [0, 0.1) is 5.92 Å². The fourth-order valence-electron chi connectivity index (χ4n) is 5.87. The number of hydrogen-bond donors (Lipinski definition) is 1. The van der Waals surface area contributed by atoms with Gasteiger partial charge < -0.3 is 9.88 Å². The highest BCUT2D eigenvalue weighted by Gasteiger charge is 2.28. The van der Waals surface area contributed by atoms with E-state index >= 15 is 0 Å². The van der Waals surface area contributed by atoms with E-state index in [0.29, 0.717) is 6.04 Å². The Hall–Kier alpha value is -2.34. The Morgan fingerprint density at radius 1 is 1.00 bits per heavy atom. The van der Waals surface area contributed by atoms with E-state index in [1.54, 1.807) is 0 Å². The maximum atomic E-state index is 12.9. The van der Waals surface area contributed by atoms with Gasteiger partial charge in [-0.2, -0.15) is 0 Å². The van der Waals surface area contributed by atoms with Crippen molar-refractivity contribution in [3.63, 3.8) is 0 Å². The summed E-state index contributed by atoms with van der Waals surface area (Å²) in [6.07, 6.45) is 4.31. The van der Waals surface area contributed by atoms with Gasteiger partial charge in [0.1, 0.15) is 0 Å². The molecule has 0 saturated carbocycles. The number of nitrogens with zero attached hydrogens (tertiary/aromatic N) is 3. The molecule has 1 unspecified atom stereocenters. The van der Waals surface area contributed by atoms with Gasteiger partial charge in [0.25, 0.3) is 0 Å². The summed E-state index contributed by atoms with van der Waals surface area (Å²) < 4.78 is 2.40. The lowest BCUT2D eigenvalue weighted by Crippen LogP contribution is -2.44. The number of fused-ring (bicyclic) bond motifs is 1. The zero-order valence-electron chi connectivity index (χ0n) is 20.8. The molecule has 3 aromatic rings. The van der Waals surface area contributed by atoms with Crippen LogP contribution in [0.3, 0.4) is 0 Å². The molecule has 0 bridgehead atoms. The Balaban J connectivity index is 1.21. The monoisotopic (exact) mass is 492 g/mol. The van der Waals surface area contributed by atoms with Crippen LogP contribution in [0.5, 0.6) is 0 Å². The smallest absolute Gasteiger partial charge is 0.223 e. The molecule has 0 radical (unpaired) electrons. The van der Waals surface area contributed by atoms with Gasteiger partial charge in [0.15, 0.2) is 0 Å². The zero-order valence-corrected chi connectivity index (χ0v) is 21.5. The molecule has 1 N–H and O–H groups in total. The van der Waals surface area contributed by atoms with Gasteiger partial charge in [0.05, 0.1) is 0 Å². The molecule has 2 aliphatic heterocycles. The Morgan fingerprint density at radius 2 is 1.77 bits per heavy atom. The minimum Gasteiger partial charge on any atom is -0.354 e. The number of carbonyl (C=O) groups excluding carboxylic acids is 1. The van der Waals surface area contributed by atoms with Crippen molar-refractivity contribution in [3.05, 3.63) is 70.9 Å². The molecule has 1 aromatic heterocycles. The largest absolute Gasteiger partial charge is 0.354 e. The van der Waals surface area contributed by atoms with Crippen LogP contribution in [-0.4, -0.2) is 59.0 Å². The van der Waals surface area contributed by atoms with Gasteiger partial charge in [-0.3, -0.25) is 14.6 Å². The lowest BCUT2D eigenvalue weighted by atomic mass is 9.95. The summed E-state index contributed by atoms with van der Waals surface area (Å²) in [7, 11) is 0. The molecule has 2 aromatic carbocycles. The number of benzene rings is 2.